The van der Waals surface area contributed by atoms with Crippen LogP contribution in [-0.4, -0.2) is 44.4 Å². The summed E-state index contributed by atoms with van der Waals surface area (Å²) in [7, 11) is 3.21. The number of methoxy groups -OCH3 is 2. The maximum Gasteiger partial charge on any atom is 0.257 e. The molecule has 1 unspecified atom stereocenters. The number of anilines is 1. The van der Waals surface area contributed by atoms with E-state index in [0.717, 1.165) is 25.0 Å². The number of carbonyl (C=O) groups is 1. The molecule has 7 nitrogen and oxygen atoms in total. The van der Waals surface area contributed by atoms with Gasteiger partial charge in [-0.15, -0.1) is 11.3 Å². The number of amides is 1. The fourth-order valence-corrected chi connectivity index (χ4v) is 4.01. The number of rotatable bonds is 8. The molecule has 1 aliphatic rings. The molecule has 1 amide bonds. The molecule has 1 aromatic heterocycles. The molecule has 1 N–H and O–H groups in total. The van der Waals surface area contributed by atoms with Gasteiger partial charge in [0, 0.05) is 23.1 Å². The zero-order valence-electron chi connectivity index (χ0n) is 17.4. The summed E-state index contributed by atoms with van der Waals surface area (Å²) in [4.78, 5) is 17.1. The van der Waals surface area contributed by atoms with Gasteiger partial charge < -0.3 is 18.9 Å². The van der Waals surface area contributed by atoms with E-state index in [1.807, 2.05) is 23.6 Å². The van der Waals surface area contributed by atoms with Crippen molar-refractivity contribution in [3.63, 3.8) is 0 Å². The number of aromatic nitrogens is 1. The fourth-order valence-electron chi connectivity index (χ4n) is 3.31. The third-order valence-corrected chi connectivity index (χ3v) is 5.74. The Morgan fingerprint density at radius 1 is 1.16 bits per heavy atom. The van der Waals surface area contributed by atoms with Crippen molar-refractivity contribution in [2.45, 2.75) is 18.9 Å². The van der Waals surface area contributed by atoms with Crippen LogP contribution in [0.2, 0.25) is 0 Å². The van der Waals surface area contributed by atoms with Crippen LogP contribution >= 0.6 is 11.3 Å². The van der Waals surface area contributed by atoms with Crippen molar-refractivity contribution in [2.24, 2.45) is 0 Å². The van der Waals surface area contributed by atoms with Gasteiger partial charge in [-0.2, -0.15) is 0 Å². The molecule has 0 aliphatic carbocycles. The number of carbonyl (C=O) groups excluding carboxylic acids is 1. The lowest BCUT2D eigenvalue weighted by molar-refractivity contribution is 0.0679. The minimum absolute atomic E-state index is 0.158. The predicted octanol–water partition coefficient (Wildman–Crippen LogP) is 4.64. The minimum Gasteiger partial charge on any atom is -0.497 e. The second-order valence-electron chi connectivity index (χ2n) is 7.03. The SMILES string of the molecule is COc1ccc(OC)c(-c2csc(NC(=O)c3ccc(OCC4CCCO4)cc3)n2)c1. The predicted molar refractivity (Wildman–Crippen MR) is 120 cm³/mol. The molecule has 31 heavy (non-hydrogen) atoms. The number of thiazole rings is 1. The van der Waals surface area contributed by atoms with Crippen molar-refractivity contribution in [3.05, 3.63) is 53.4 Å². The molecule has 1 saturated heterocycles. The summed E-state index contributed by atoms with van der Waals surface area (Å²) in [5.41, 5.74) is 2.03. The number of hydrogen-bond acceptors (Lipinski definition) is 7. The Morgan fingerprint density at radius 2 is 1.97 bits per heavy atom. The number of nitrogens with one attached hydrogen (secondary N) is 1. The van der Waals surface area contributed by atoms with Crippen molar-refractivity contribution >= 4 is 22.4 Å². The molecule has 8 heteroatoms. The molecule has 1 aliphatic heterocycles. The molecule has 162 valence electrons. The highest BCUT2D eigenvalue weighted by Gasteiger charge is 2.17. The topological polar surface area (TPSA) is 78.9 Å². The van der Waals surface area contributed by atoms with Crippen molar-refractivity contribution in [3.8, 4) is 28.5 Å². The second-order valence-corrected chi connectivity index (χ2v) is 7.89. The second kappa shape index (κ2) is 9.80. The molecule has 2 heterocycles. The van der Waals surface area contributed by atoms with Crippen molar-refractivity contribution in [1.82, 2.24) is 4.98 Å². The summed E-state index contributed by atoms with van der Waals surface area (Å²) in [5, 5.41) is 5.22. The maximum atomic E-state index is 12.6. The van der Waals surface area contributed by atoms with Crippen LogP contribution < -0.4 is 19.5 Å². The molecule has 0 saturated carbocycles. The van der Waals surface area contributed by atoms with Gasteiger partial charge in [-0.1, -0.05) is 0 Å². The van der Waals surface area contributed by atoms with E-state index in [1.165, 1.54) is 11.3 Å². The standard InChI is InChI=1S/C23H24N2O5S/c1-27-17-9-10-21(28-2)19(12-17)20-14-31-23(24-20)25-22(26)15-5-7-16(8-6-15)30-13-18-4-3-11-29-18/h5-10,12,14,18H,3-4,11,13H2,1-2H3,(H,24,25,26). The molecule has 0 bridgehead atoms. The highest BCUT2D eigenvalue weighted by Crippen LogP contribution is 2.35. The average molecular weight is 441 g/mol. The fraction of sp³-hybridized carbons (Fsp3) is 0.304. The van der Waals surface area contributed by atoms with Gasteiger partial charge in [-0.25, -0.2) is 4.98 Å². The van der Waals surface area contributed by atoms with Gasteiger partial charge in [-0.3, -0.25) is 10.1 Å². The lowest BCUT2D eigenvalue weighted by Gasteiger charge is -2.11. The first kappa shape index (κ1) is 21.1. The largest absolute Gasteiger partial charge is 0.497 e. The average Bonchev–Trinajstić information content (AvgIpc) is 3.50. The van der Waals surface area contributed by atoms with Crippen molar-refractivity contribution in [2.75, 3.05) is 32.8 Å². The van der Waals surface area contributed by atoms with Gasteiger partial charge in [0.25, 0.3) is 5.91 Å². The Labute approximate surface area is 184 Å². The van der Waals surface area contributed by atoms with E-state index in [-0.39, 0.29) is 12.0 Å². The smallest absolute Gasteiger partial charge is 0.257 e. The van der Waals surface area contributed by atoms with Crippen LogP contribution in [0.3, 0.4) is 0 Å². The van der Waals surface area contributed by atoms with E-state index >= 15 is 0 Å². The van der Waals surface area contributed by atoms with E-state index in [9.17, 15) is 4.79 Å². The Kier molecular flexibility index (Phi) is 6.69. The van der Waals surface area contributed by atoms with E-state index in [2.05, 4.69) is 10.3 Å². The van der Waals surface area contributed by atoms with E-state index < -0.39 is 0 Å². The first-order chi connectivity index (χ1) is 15.2. The summed E-state index contributed by atoms with van der Waals surface area (Å²) in [6, 6.07) is 12.6. The van der Waals surface area contributed by atoms with Gasteiger partial charge in [-0.05, 0) is 55.3 Å². The van der Waals surface area contributed by atoms with Crippen molar-refractivity contribution in [1.29, 1.82) is 0 Å². The van der Waals surface area contributed by atoms with Gasteiger partial charge >= 0.3 is 0 Å². The molecular weight excluding hydrogens is 416 g/mol. The molecule has 0 radical (unpaired) electrons. The lowest BCUT2D eigenvalue weighted by Crippen LogP contribution is -2.16. The van der Waals surface area contributed by atoms with Crippen LogP contribution in [0.25, 0.3) is 11.3 Å². The molecule has 0 spiro atoms. The molecule has 1 atom stereocenters. The first-order valence-corrected chi connectivity index (χ1v) is 10.9. The zero-order chi connectivity index (χ0) is 21.6. The Bertz CT molecular complexity index is 1030. The third-order valence-electron chi connectivity index (χ3n) is 4.98. The number of ether oxygens (including phenoxy) is 4. The van der Waals surface area contributed by atoms with Crippen LogP contribution in [0.1, 0.15) is 23.2 Å². The minimum atomic E-state index is -0.232. The molecule has 1 fully saturated rings. The van der Waals surface area contributed by atoms with Gasteiger partial charge in [0.05, 0.1) is 26.0 Å². The third kappa shape index (κ3) is 5.15. The molecular formula is C23H24N2O5S. The Morgan fingerprint density at radius 3 is 2.68 bits per heavy atom. The first-order valence-electron chi connectivity index (χ1n) is 10.00. The van der Waals surface area contributed by atoms with Crippen molar-refractivity contribution < 1.29 is 23.7 Å². The monoisotopic (exact) mass is 440 g/mol. The van der Waals surface area contributed by atoms with Gasteiger partial charge in [0.15, 0.2) is 5.13 Å². The Balaban J connectivity index is 1.40. The zero-order valence-corrected chi connectivity index (χ0v) is 18.2. The van der Waals surface area contributed by atoms with Crippen LogP contribution in [0.5, 0.6) is 17.2 Å². The Hall–Kier alpha value is -3.10. The van der Waals surface area contributed by atoms with Crippen LogP contribution in [0.4, 0.5) is 5.13 Å². The van der Waals surface area contributed by atoms with Crippen LogP contribution in [-0.2, 0) is 4.74 Å². The molecule has 2 aromatic carbocycles. The normalized spacial score (nSPS) is 15.5. The van der Waals surface area contributed by atoms with Gasteiger partial charge in [0.1, 0.15) is 23.9 Å². The van der Waals surface area contributed by atoms with Crippen LogP contribution in [0.15, 0.2) is 47.8 Å². The maximum absolute atomic E-state index is 12.6. The summed E-state index contributed by atoms with van der Waals surface area (Å²) < 4.78 is 22.0. The number of hydrogen-bond donors (Lipinski definition) is 1. The summed E-state index contributed by atoms with van der Waals surface area (Å²) in [6.45, 7) is 1.33. The van der Waals surface area contributed by atoms with Crippen LogP contribution in [0, 0.1) is 0 Å². The summed E-state index contributed by atoms with van der Waals surface area (Å²) in [6.07, 6.45) is 2.26. The molecule has 4 rings (SSSR count). The molecule has 3 aromatic rings. The number of nitrogens with zero attached hydrogens (tertiary/aromatic N) is 1. The van der Waals surface area contributed by atoms with E-state index in [4.69, 9.17) is 18.9 Å². The lowest BCUT2D eigenvalue weighted by atomic mass is 10.1. The quantitative estimate of drug-likeness (QED) is 0.550. The van der Waals surface area contributed by atoms with E-state index in [1.54, 1.807) is 38.5 Å². The van der Waals surface area contributed by atoms with Gasteiger partial charge in [0.2, 0.25) is 0 Å². The summed E-state index contributed by atoms with van der Waals surface area (Å²) in [5.74, 6) is 1.87. The summed E-state index contributed by atoms with van der Waals surface area (Å²) >= 11 is 1.35. The highest BCUT2D eigenvalue weighted by molar-refractivity contribution is 7.14. The number of benzene rings is 2. The highest BCUT2D eigenvalue weighted by atomic mass is 32.1. The van der Waals surface area contributed by atoms with E-state index in [0.29, 0.717) is 40.2 Å².